The molecule has 8 heteroatoms. The molecule has 5 aromatic rings. The molecule has 4 heterocycles. The van der Waals surface area contributed by atoms with E-state index >= 15 is 0 Å². The van der Waals surface area contributed by atoms with Gasteiger partial charge in [0, 0.05) is 30.0 Å². The number of aromatic nitrogens is 7. The summed E-state index contributed by atoms with van der Waals surface area (Å²) >= 11 is 0. The van der Waals surface area contributed by atoms with Crippen LogP contribution >= 0.6 is 0 Å². The lowest BCUT2D eigenvalue weighted by molar-refractivity contribution is 0.613. The van der Waals surface area contributed by atoms with E-state index in [4.69, 9.17) is 0 Å². The monoisotopic (exact) mass is 357 g/mol. The van der Waals surface area contributed by atoms with Crippen LogP contribution < -0.4 is 0 Å². The smallest absolute Gasteiger partial charge is 0.223 e. The van der Waals surface area contributed by atoms with Gasteiger partial charge >= 0.3 is 0 Å². The van der Waals surface area contributed by atoms with Gasteiger partial charge in [-0.15, -0.1) is 15.0 Å². The Bertz CT molecular complexity index is 1240. The number of nitrogens with zero attached hydrogens (tertiary/aromatic N) is 7. The molecule has 0 spiro atoms. The first-order valence-electron chi connectivity index (χ1n) is 8.23. The molecule has 0 saturated carbocycles. The van der Waals surface area contributed by atoms with Crippen molar-refractivity contribution in [2.45, 2.75) is 0 Å². The fourth-order valence-electron chi connectivity index (χ4n) is 2.90. The van der Waals surface area contributed by atoms with Crippen molar-refractivity contribution in [2.75, 3.05) is 0 Å². The maximum absolute atomic E-state index is 14.8. The summed E-state index contributed by atoms with van der Waals surface area (Å²) in [5, 5.41) is 13.2. The van der Waals surface area contributed by atoms with E-state index in [1.165, 1.54) is 10.9 Å². The molecule has 0 saturated heterocycles. The Hall–Kier alpha value is -3.94. The number of tetrazole rings is 1. The molecule has 0 aliphatic rings. The highest BCUT2D eigenvalue weighted by Gasteiger charge is 2.13. The lowest BCUT2D eigenvalue weighted by Crippen LogP contribution is -2.03. The SMILES string of the molecule is Fc1cc(-n2nnc(-c3ccccn3)n2)ccc1-n1ccc2cccnc21. The lowest BCUT2D eigenvalue weighted by atomic mass is 10.2. The van der Waals surface area contributed by atoms with Crippen molar-refractivity contribution < 1.29 is 4.39 Å². The molecule has 0 amide bonds. The maximum Gasteiger partial charge on any atom is 0.223 e. The highest BCUT2D eigenvalue weighted by Crippen LogP contribution is 2.22. The number of hydrogen-bond acceptors (Lipinski definition) is 5. The Morgan fingerprint density at radius 2 is 1.81 bits per heavy atom. The largest absolute Gasteiger partial charge is 0.298 e. The van der Waals surface area contributed by atoms with Crippen LogP contribution in [-0.2, 0) is 0 Å². The van der Waals surface area contributed by atoms with Crippen LogP contribution in [0.2, 0.25) is 0 Å². The summed E-state index contributed by atoms with van der Waals surface area (Å²) in [5.74, 6) is -0.0342. The fourth-order valence-corrected chi connectivity index (χ4v) is 2.90. The first-order valence-corrected chi connectivity index (χ1v) is 8.23. The van der Waals surface area contributed by atoms with E-state index in [1.54, 1.807) is 41.4 Å². The fraction of sp³-hybridized carbons (Fsp3) is 0. The van der Waals surface area contributed by atoms with Crippen molar-refractivity contribution in [1.29, 1.82) is 0 Å². The zero-order chi connectivity index (χ0) is 18.2. The van der Waals surface area contributed by atoms with Crippen LogP contribution in [-0.4, -0.2) is 34.7 Å². The zero-order valence-electron chi connectivity index (χ0n) is 13.9. The number of rotatable bonds is 3. The van der Waals surface area contributed by atoms with Gasteiger partial charge in [0.05, 0.1) is 11.4 Å². The number of fused-ring (bicyclic) bond motifs is 1. The van der Waals surface area contributed by atoms with Crippen molar-refractivity contribution >= 4 is 11.0 Å². The van der Waals surface area contributed by atoms with Gasteiger partial charge < -0.3 is 0 Å². The summed E-state index contributed by atoms with van der Waals surface area (Å²) in [6, 6.07) is 15.9. The molecule has 0 fully saturated rings. The zero-order valence-corrected chi connectivity index (χ0v) is 13.9. The third-order valence-corrected chi connectivity index (χ3v) is 4.18. The maximum atomic E-state index is 14.8. The van der Waals surface area contributed by atoms with Crippen molar-refractivity contribution in [3.63, 3.8) is 0 Å². The molecular weight excluding hydrogens is 345 g/mol. The summed E-state index contributed by atoms with van der Waals surface area (Å²) in [6.45, 7) is 0. The molecule has 27 heavy (non-hydrogen) atoms. The number of hydrogen-bond donors (Lipinski definition) is 0. The number of benzene rings is 1. The molecule has 0 aliphatic carbocycles. The minimum Gasteiger partial charge on any atom is -0.298 e. The molecule has 0 atom stereocenters. The van der Waals surface area contributed by atoms with Crippen molar-refractivity contribution in [3.05, 3.63) is 79.0 Å². The van der Waals surface area contributed by atoms with Crippen LogP contribution in [0.5, 0.6) is 0 Å². The molecule has 0 bridgehead atoms. The first kappa shape index (κ1) is 15.3. The van der Waals surface area contributed by atoms with Crippen LogP contribution in [0.4, 0.5) is 4.39 Å². The topological polar surface area (TPSA) is 74.3 Å². The minimum atomic E-state index is -0.410. The van der Waals surface area contributed by atoms with E-state index in [9.17, 15) is 4.39 Å². The van der Waals surface area contributed by atoms with E-state index in [-0.39, 0.29) is 0 Å². The van der Waals surface area contributed by atoms with Gasteiger partial charge in [-0.25, -0.2) is 9.37 Å². The Kier molecular flexibility index (Phi) is 3.46. The minimum absolute atomic E-state index is 0.376. The molecule has 130 valence electrons. The van der Waals surface area contributed by atoms with Gasteiger partial charge in [0.1, 0.15) is 17.2 Å². The summed E-state index contributed by atoms with van der Waals surface area (Å²) in [7, 11) is 0. The molecular formula is C19H12FN7. The van der Waals surface area contributed by atoms with E-state index in [0.717, 1.165) is 5.39 Å². The van der Waals surface area contributed by atoms with E-state index < -0.39 is 5.82 Å². The molecule has 7 nitrogen and oxygen atoms in total. The van der Waals surface area contributed by atoms with Crippen LogP contribution in [0, 0.1) is 5.82 Å². The second-order valence-corrected chi connectivity index (χ2v) is 5.86. The van der Waals surface area contributed by atoms with Crippen molar-refractivity contribution in [3.8, 4) is 22.9 Å². The highest BCUT2D eigenvalue weighted by atomic mass is 19.1. The van der Waals surface area contributed by atoms with Gasteiger partial charge in [0.15, 0.2) is 0 Å². The summed E-state index contributed by atoms with van der Waals surface area (Å²) in [5.41, 5.74) is 2.17. The predicted octanol–water partition coefficient (Wildman–Crippen LogP) is 3.20. The van der Waals surface area contributed by atoms with Crippen LogP contribution in [0.15, 0.2) is 73.2 Å². The van der Waals surface area contributed by atoms with Gasteiger partial charge in [0.25, 0.3) is 0 Å². The molecule has 0 unspecified atom stereocenters. The van der Waals surface area contributed by atoms with Gasteiger partial charge in [-0.05, 0) is 47.7 Å². The Labute approximate surface area is 152 Å². The first-order chi connectivity index (χ1) is 13.3. The van der Waals surface area contributed by atoms with E-state index in [0.29, 0.717) is 28.5 Å². The second kappa shape index (κ2) is 6.10. The highest BCUT2D eigenvalue weighted by molar-refractivity contribution is 5.77. The van der Waals surface area contributed by atoms with Crippen LogP contribution in [0.25, 0.3) is 33.9 Å². The third-order valence-electron chi connectivity index (χ3n) is 4.18. The van der Waals surface area contributed by atoms with E-state index in [1.807, 2.05) is 30.3 Å². The predicted molar refractivity (Wildman–Crippen MR) is 97.0 cm³/mol. The Balaban J connectivity index is 1.53. The molecule has 5 rings (SSSR count). The summed E-state index contributed by atoms with van der Waals surface area (Å²) in [4.78, 5) is 9.79. The van der Waals surface area contributed by atoms with E-state index in [2.05, 4.69) is 25.4 Å². The van der Waals surface area contributed by atoms with Crippen molar-refractivity contribution in [1.82, 2.24) is 34.7 Å². The quantitative estimate of drug-likeness (QED) is 0.496. The number of halogens is 1. The van der Waals surface area contributed by atoms with Gasteiger partial charge in [-0.1, -0.05) is 6.07 Å². The molecule has 0 radical (unpaired) electrons. The normalized spacial score (nSPS) is 11.1. The molecule has 4 aromatic heterocycles. The number of pyridine rings is 2. The van der Waals surface area contributed by atoms with Crippen molar-refractivity contribution in [2.24, 2.45) is 0 Å². The third kappa shape index (κ3) is 2.63. The lowest BCUT2D eigenvalue weighted by Gasteiger charge is -2.07. The van der Waals surface area contributed by atoms with Gasteiger partial charge in [-0.3, -0.25) is 9.55 Å². The molecule has 0 aliphatic heterocycles. The molecule has 0 N–H and O–H groups in total. The van der Waals surface area contributed by atoms with Crippen LogP contribution in [0.1, 0.15) is 0 Å². The second-order valence-electron chi connectivity index (χ2n) is 5.86. The standard InChI is InChI=1S/C19H12FN7/c20-15-12-14(27-24-18(23-25-27)16-5-1-2-9-21-16)6-7-17(15)26-11-8-13-4-3-10-22-19(13)26/h1-12H. The van der Waals surface area contributed by atoms with Crippen LogP contribution in [0.3, 0.4) is 0 Å². The average Bonchev–Trinajstić information content (AvgIpc) is 3.36. The van der Waals surface area contributed by atoms with Gasteiger partial charge in [0.2, 0.25) is 5.82 Å². The summed E-state index contributed by atoms with van der Waals surface area (Å²) in [6.07, 6.45) is 5.13. The van der Waals surface area contributed by atoms with Gasteiger partial charge in [-0.2, -0.15) is 0 Å². The average molecular weight is 357 g/mol. The molecule has 1 aromatic carbocycles. The Morgan fingerprint density at radius 1 is 0.889 bits per heavy atom. The Morgan fingerprint density at radius 3 is 2.67 bits per heavy atom. The summed E-state index contributed by atoms with van der Waals surface area (Å²) < 4.78 is 16.5.